The first-order chi connectivity index (χ1) is 12.7. The Morgan fingerprint density at radius 2 is 1.96 bits per heavy atom. The van der Waals surface area contributed by atoms with Gasteiger partial charge in [-0.15, -0.1) is 0 Å². The van der Waals surface area contributed by atoms with E-state index in [0.29, 0.717) is 12.2 Å². The van der Waals surface area contributed by atoms with Crippen LogP contribution in [0.25, 0.3) is 21.7 Å². The molecule has 0 radical (unpaired) electrons. The molecule has 3 rings (SSSR count). The fraction of sp³-hybridized carbons (Fsp3) is 0.368. The van der Waals surface area contributed by atoms with E-state index >= 15 is 0 Å². The highest BCUT2D eigenvalue weighted by Crippen LogP contribution is 2.24. The maximum Gasteiger partial charge on any atom is 0.272 e. The van der Waals surface area contributed by atoms with Crippen LogP contribution in [0.15, 0.2) is 30.6 Å². The van der Waals surface area contributed by atoms with Gasteiger partial charge in [-0.2, -0.15) is 5.10 Å². The van der Waals surface area contributed by atoms with Crippen molar-refractivity contribution in [2.45, 2.75) is 32.6 Å². The number of hydrogen-bond acceptors (Lipinski definition) is 5. The molecule has 0 bridgehead atoms. The minimum absolute atomic E-state index is 0.161. The first kappa shape index (κ1) is 18.4. The molecule has 3 aromatic rings. The number of unbranched alkanes of at least 4 members (excludes halogenated alkanes) is 3. The van der Waals surface area contributed by atoms with E-state index in [-0.39, 0.29) is 11.0 Å². The highest BCUT2D eigenvalue weighted by molar-refractivity contribution is 8.13. The molecule has 2 N–H and O–H groups in total. The average Bonchev–Trinajstić information content (AvgIpc) is 3.08. The summed E-state index contributed by atoms with van der Waals surface area (Å²) >= 11 is 1.38. The van der Waals surface area contributed by atoms with Crippen LogP contribution in [0.2, 0.25) is 0 Å². The molecule has 7 heteroatoms. The summed E-state index contributed by atoms with van der Waals surface area (Å²) < 4.78 is 0. The number of carbonyl (C=O) groups excluding carboxylic acids is 2. The number of benzene rings is 1. The lowest BCUT2D eigenvalue weighted by Crippen LogP contribution is -2.25. The molecule has 0 unspecified atom stereocenters. The second-order valence-electron chi connectivity index (χ2n) is 6.17. The fourth-order valence-corrected chi connectivity index (χ4v) is 3.54. The Morgan fingerprint density at radius 1 is 1.12 bits per heavy atom. The summed E-state index contributed by atoms with van der Waals surface area (Å²) in [6.07, 6.45) is 7.59. The highest BCUT2D eigenvalue weighted by atomic mass is 32.2. The van der Waals surface area contributed by atoms with E-state index in [1.165, 1.54) is 11.8 Å². The van der Waals surface area contributed by atoms with E-state index in [0.717, 1.165) is 53.1 Å². The Kier molecular flexibility index (Phi) is 6.22. The molecule has 0 aliphatic rings. The summed E-state index contributed by atoms with van der Waals surface area (Å²) in [6.45, 7) is 2.22. The molecule has 0 spiro atoms. The maximum absolute atomic E-state index is 12.4. The summed E-state index contributed by atoms with van der Waals surface area (Å²) in [7, 11) is 0. The second kappa shape index (κ2) is 8.80. The van der Waals surface area contributed by atoms with Crippen LogP contribution >= 0.6 is 11.8 Å². The minimum Gasteiger partial charge on any atom is -0.351 e. The van der Waals surface area contributed by atoms with Crippen molar-refractivity contribution in [3.63, 3.8) is 0 Å². The Bertz CT molecular complexity index is 922. The summed E-state index contributed by atoms with van der Waals surface area (Å²) in [5.74, 6) is 0.718. The van der Waals surface area contributed by atoms with Crippen LogP contribution in [0.4, 0.5) is 0 Å². The van der Waals surface area contributed by atoms with Crippen LogP contribution in [-0.4, -0.2) is 38.5 Å². The fourth-order valence-electron chi connectivity index (χ4n) is 2.91. The van der Waals surface area contributed by atoms with Crippen LogP contribution in [0.1, 0.15) is 43.1 Å². The van der Waals surface area contributed by atoms with Crippen molar-refractivity contribution >= 4 is 44.5 Å². The standard InChI is InChI=1S/C19H22N4O2S/c1-13(24)26-11-5-3-2-4-9-21-19(25)18-15-7-6-14-8-10-20-12-16(14)17(15)22-23-18/h6-8,10,12H,2-5,9,11H2,1H3,(H,21,25)(H,22,23). The predicted octanol–water partition coefficient (Wildman–Crippen LogP) is 3.68. The summed E-state index contributed by atoms with van der Waals surface area (Å²) in [5, 5.41) is 13.1. The van der Waals surface area contributed by atoms with E-state index in [1.54, 1.807) is 19.3 Å². The van der Waals surface area contributed by atoms with Gasteiger partial charge in [0.05, 0.1) is 5.52 Å². The Labute approximate surface area is 156 Å². The Balaban J connectivity index is 1.51. The van der Waals surface area contributed by atoms with Crippen LogP contribution in [-0.2, 0) is 4.79 Å². The number of aromatic nitrogens is 3. The van der Waals surface area contributed by atoms with Crippen LogP contribution < -0.4 is 5.32 Å². The zero-order valence-electron chi connectivity index (χ0n) is 14.7. The monoisotopic (exact) mass is 370 g/mol. The van der Waals surface area contributed by atoms with Gasteiger partial charge in [0.15, 0.2) is 10.8 Å². The molecule has 2 heterocycles. The molecule has 136 valence electrons. The lowest BCUT2D eigenvalue weighted by molar-refractivity contribution is -0.109. The van der Waals surface area contributed by atoms with E-state index in [1.807, 2.05) is 18.2 Å². The normalized spacial score (nSPS) is 11.1. The van der Waals surface area contributed by atoms with Crippen LogP contribution in [0, 0.1) is 0 Å². The molecule has 0 aliphatic carbocycles. The smallest absolute Gasteiger partial charge is 0.272 e. The molecule has 0 fully saturated rings. The lowest BCUT2D eigenvalue weighted by atomic mass is 10.1. The molecule has 0 aliphatic heterocycles. The van der Waals surface area contributed by atoms with Crippen LogP contribution in [0.3, 0.4) is 0 Å². The molecular weight excluding hydrogens is 348 g/mol. The number of fused-ring (bicyclic) bond motifs is 3. The predicted molar refractivity (Wildman–Crippen MR) is 105 cm³/mol. The number of thioether (sulfide) groups is 1. The number of hydrogen-bond donors (Lipinski definition) is 2. The molecule has 1 amide bonds. The zero-order valence-corrected chi connectivity index (χ0v) is 15.6. The van der Waals surface area contributed by atoms with Gasteiger partial charge in [-0.05, 0) is 30.4 Å². The SMILES string of the molecule is CC(=O)SCCCCCCNC(=O)c1n[nH]c2c1ccc1ccncc12. The lowest BCUT2D eigenvalue weighted by Gasteiger charge is -2.04. The second-order valence-corrected chi connectivity index (χ2v) is 7.44. The number of amides is 1. The van der Waals surface area contributed by atoms with Gasteiger partial charge in [-0.1, -0.05) is 30.7 Å². The van der Waals surface area contributed by atoms with Crippen molar-refractivity contribution in [1.82, 2.24) is 20.5 Å². The number of nitrogens with zero attached hydrogens (tertiary/aromatic N) is 2. The molecule has 0 atom stereocenters. The summed E-state index contributed by atoms with van der Waals surface area (Å²) in [4.78, 5) is 27.4. The van der Waals surface area contributed by atoms with E-state index < -0.39 is 0 Å². The average molecular weight is 370 g/mol. The van der Waals surface area contributed by atoms with Gasteiger partial charge in [-0.25, -0.2) is 0 Å². The van der Waals surface area contributed by atoms with Gasteiger partial charge in [0.1, 0.15) is 0 Å². The van der Waals surface area contributed by atoms with E-state index in [2.05, 4.69) is 20.5 Å². The molecule has 26 heavy (non-hydrogen) atoms. The Morgan fingerprint density at radius 3 is 2.81 bits per heavy atom. The van der Waals surface area contributed by atoms with Gasteiger partial charge in [0.25, 0.3) is 5.91 Å². The van der Waals surface area contributed by atoms with E-state index in [9.17, 15) is 9.59 Å². The van der Waals surface area contributed by atoms with Gasteiger partial charge in [-0.3, -0.25) is 19.7 Å². The molecule has 2 aromatic heterocycles. The number of carbonyl (C=O) groups is 2. The summed E-state index contributed by atoms with van der Waals surface area (Å²) in [5.41, 5.74) is 1.26. The molecular formula is C19H22N4O2S. The van der Waals surface area contributed by atoms with Crippen molar-refractivity contribution in [2.75, 3.05) is 12.3 Å². The topological polar surface area (TPSA) is 87.7 Å². The number of nitrogens with one attached hydrogen (secondary N) is 2. The quantitative estimate of drug-likeness (QED) is 0.591. The summed E-state index contributed by atoms with van der Waals surface area (Å²) in [6, 6.07) is 5.83. The van der Waals surface area contributed by atoms with Crippen molar-refractivity contribution in [3.8, 4) is 0 Å². The van der Waals surface area contributed by atoms with E-state index in [4.69, 9.17) is 0 Å². The van der Waals surface area contributed by atoms with Gasteiger partial charge in [0.2, 0.25) is 0 Å². The number of pyridine rings is 1. The maximum atomic E-state index is 12.4. The Hall–Kier alpha value is -2.41. The first-order valence-electron chi connectivity index (χ1n) is 8.79. The zero-order chi connectivity index (χ0) is 18.4. The number of H-pyrrole nitrogens is 1. The van der Waals surface area contributed by atoms with Crippen LogP contribution in [0.5, 0.6) is 0 Å². The third-order valence-corrected chi connectivity index (χ3v) is 5.13. The van der Waals surface area contributed by atoms with Crippen molar-refractivity contribution in [1.29, 1.82) is 0 Å². The first-order valence-corrected chi connectivity index (χ1v) is 9.78. The number of aromatic amines is 1. The molecule has 0 saturated carbocycles. The highest BCUT2D eigenvalue weighted by Gasteiger charge is 2.15. The third-order valence-electron chi connectivity index (χ3n) is 4.23. The third kappa shape index (κ3) is 4.40. The minimum atomic E-state index is -0.161. The van der Waals surface area contributed by atoms with Gasteiger partial charge >= 0.3 is 0 Å². The van der Waals surface area contributed by atoms with Crippen molar-refractivity contribution in [3.05, 3.63) is 36.3 Å². The molecule has 1 aromatic carbocycles. The van der Waals surface area contributed by atoms with Crippen molar-refractivity contribution in [2.24, 2.45) is 0 Å². The largest absolute Gasteiger partial charge is 0.351 e. The van der Waals surface area contributed by atoms with Crippen molar-refractivity contribution < 1.29 is 9.59 Å². The van der Waals surface area contributed by atoms with Gasteiger partial charge in [0, 0.05) is 42.4 Å². The molecule has 6 nitrogen and oxygen atoms in total. The molecule has 0 saturated heterocycles. The van der Waals surface area contributed by atoms with Gasteiger partial charge < -0.3 is 5.32 Å². The number of rotatable bonds is 8.